The van der Waals surface area contributed by atoms with E-state index in [1.807, 2.05) is 27.7 Å². The molecule has 9 heteroatoms. The molecule has 26 heavy (non-hydrogen) atoms. The van der Waals surface area contributed by atoms with Crippen molar-refractivity contribution in [3.05, 3.63) is 40.4 Å². The summed E-state index contributed by atoms with van der Waals surface area (Å²) < 4.78 is 27.7. The predicted molar refractivity (Wildman–Crippen MR) is 97.3 cm³/mol. The van der Waals surface area contributed by atoms with Crippen LogP contribution in [0.1, 0.15) is 41.5 Å². The van der Waals surface area contributed by atoms with Gasteiger partial charge in [-0.3, -0.25) is 0 Å². The summed E-state index contributed by atoms with van der Waals surface area (Å²) in [6.07, 6.45) is 0. The second-order valence-electron chi connectivity index (χ2n) is 7.52. The van der Waals surface area contributed by atoms with Gasteiger partial charge in [-0.1, -0.05) is 59.7 Å². The maximum Gasteiger partial charge on any atom is 0.263 e. The second kappa shape index (κ2) is 6.61. The summed E-state index contributed by atoms with van der Waals surface area (Å²) in [6.45, 7) is 10.7. The van der Waals surface area contributed by atoms with Gasteiger partial charge >= 0.3 is 0 Å². The molecule has 0 amide bonds. The lowest BCUT2D eigenvalue weighted by Gasteiger charge is -2.47. The van der Waals surface area contributed by atoms with Gasteiger partial charge in [0.15, 0.2) is 10.8 Å². The first kappa shape index (κ1) is 20.3. The monoisotopic (exact) mass is 382 g/mol. The van der Waals surface area contributed by atoms with Gasteiger partial charge in [-0.2, -0.15) is 0 Å². The highest BCUT2D eigenvalue weighted by molar-refractivity contribution is 7.93. The van der Waals surface area contributed by atoms with E-state index < -0.39 is 31.2 Å². The van der Waals surface area contributed by atoms with Gasteiger partial charge < -0.3 is 10.1 Å². The molecule has 2 rings (SSSR count). The van der Waals surface area contributed by atoms with Crippen molar-refractivity contribution in [3.63, 3.8) is 0 Å². The van der Waals surface area contributed by atoms with Gasteiger partial charge in [0.25, 0.3) is 4.87 Å². The highest BCUT2D eigenvalue weighted by Crippen LogP contribution is 2.56. The van der Waals surface area contributed by atoms with E-state index >= 15 is 0 Å². The van der Waals surface area contributed by atoms with Crippen LogP contribution >= 0.6 is 0 Å². The third kappa shape index (κ3) is 2.36. The van der Waals surface area contributed by atoms with Gasteiger partial charge in [0.2, 0.25) is 9.84 Å². The SMILES string of the molecule is CC(C)C1(C(C)C)N=NN([N+](=O)[O-])C1(C(C)C)S(=O)(=O)c1ccccc1. The number of hydrogen-bond acceptors (Lipinski definition) is 6. The van der Waals surface area contributed by atoms with Crippen molar-refractivity contribution < 1.29 is 13.5 Å². The fourth-order valence-corrected chi connectivity index (χ4v) is 7.16. The Balaban J connectivity index is 2.98. The van der Waals surface area contributed by atoms with Crippen LogP contribution in [0.25, 0.3) is 0 Å². The van der Waals surface area contributed by atoms with Gasteiger partial charge in [-0.05, 0) is 29.1 Å². The molecule has 1 unspecified atom stereocenters. The van der Waals surface area contributed by atoms with E-state index in [-0.39, 0.29) is 16.7 Å². The van der Waals surface area contributed by atoms with Crippen molar-refractivity contribution in [2.45, 2.75) is 56.8 Å². The van der Waals surface area contributed by atoms with E-state index in [2.05, 4.69) is 10.3 Å². The average Bonchev–Trinajstić information content (AvgIpc) is 2.94. The molecule has 1 atom stereocenters. The molecule has 1 heterocycles. The average molecular weight is 382 g/mol. The summed E-state index contributed by atoms with van der Waals surface area (Å²) in [5.41, 5.74) is -1.27. The molecule has 1 aromatic rings. The van der Waals surface area contributed by atoms with E-state index in [1.54, 1.807) is 32.0 Å². The minimum absolute atomic E-state index is 0.0264. The van der Waals surface area contributed by atoms with Crippen LogP contribution in [-0.2, 0) is 9.84 Å². The first-order valence-corrected chi connectivity index (χ1v) is 10.1. The third-order valence-electron chi connectivity index (χ3n) is 5.33. The minimum Gasteiger partial charge on any atom is -0.339 e. The van der Waals surface area contributed by atoms with Crippen molar-refractivity contribution in [2.24, 2.45) is 28.1 Å². The second-order valence-corrected chi connectivity index (χ2v) is 9.62. The number of benzene rings is 1. The Bertz CT molecular complexity index is 797. The quantitative estimate of drug-likeness (QED) is 0.550. The highest BCUT2D eigenvalue weighted by Gasteiger charge is 2.77. The first-order valence-electron chi connectivity index (χ1n) is 8.64. The van der Waals surface area contributed by atoms with Crippen LogP contribution in [0.4, 0.5) is 0 Å². The molecule has 0 radical (unpaired) electrons. The van der Waals surface area contributed by atoms with Crippen LogP contribution in [0, 0.1) is 27.9 Å². The summed E-state index contributed by atoms with van der Waals surface area (Å²) in [4.78, 5) is 9.93. The molecule has 0 N–H and O–H groups in total. The van der Waals surface area contributed by atoms with Crippen molar-refractivity contribution >= 4 is 9.84 Å². The standard InChI is InChI=1S/C17H26N4O4S/c1-12(2)16(13(3)4)17(14(5)6,20(19-18-16)21(22)23)26(24,25)15-10-8-7-9-11-15/h7-14H,1-6H3. The van der Waals surface area contributed by atoms with Crippen molar-refractivity contribution in [2.75, 3.05) is 0 Å². The van der Waals surface area contributed by atoms with Gasteiger partial charge in [0.1, 0.15) is 0 Å². The lowest BCUT2D eigenvalue weighted by molar-refractivity contribution is -0.671. The van der Waals surface area contributed by atoms with Crippen LogP contribution in [0.2, 0.25) is 0 Å². The zero-order valence-corrected chi connectivity index (χ0v) is 16.8. The fourth-order valence-electron chi connectivity index (χ4n) is 4.40. The van der Waals surface area contributed by atoms with Gasteiger partial charge in [-0.25, -0.2) is 8.42 Å². The molecule has 1 aromatic carbocycles. The largest absolute Gasteiger partial charge is 0.339 e. The van der Waals surface area contributed by atoms with Crippen LogP contribution in [0.15, 0.2) is 45.6 Å². The van der Waals surface area contributed by atoms with Gasteiger partial charge in [-0.15, -0.1) is 0 Å². The molecule has 0 aromatic heterocycles. The topological polar surface area (TPSA) is 105 Å². The van der Waals surface area contributed by atoms with Crippen molar-refractivity contribution in [1.82, 2.24) is 5.12 Å². The van der Waals surface area contributed by atoms with E-state index in [9.17, 15) is 18.5 Å². The first-order chi connectivity index (χ1) is 12.0. The zero-order valence-electron chi connectivity index (χ0n) is 15.9. The number of hydrazine groups is 1. The summed E-state index contributed by atoms with van der Waals surface area (Å²) in [5.74, 6) is -1.23. The lowest BCUT2D eigenvalue weighted by Crippen LogP contribution is -2.70. The number of rotatable bonds is 6. The van der Waals surface area contributed by atoms with Gasteiger partial charge in [0.05, 0.1) is 9.93 Å². The van der Waals surface area contributed by atoms with Crippen LogP contribution < -0.4 is 0 Å². The highest BCUT2D eigenvalue weighted by atomic mass is 32.2. The molecule has 0 spiro atoms. The Kier molecular flexibility index (Phi) is 5.15. The zero-order chi connectivity index (χ0) is 19.9. The summed E-state index contributed by atoms with van der Waals surface area (Å²) in [5, 5.41) is 19.6. The molecule has 0 fully saturated rings. The van der Waals surface area contributed by atoms with E-state index in [4.69, 9.17) is 0 Å². The summed E-state index contributed by atoms with van der Waals surface area (Å²) >= 11 is 0. The molecule has 0 saturated heterocycles. The normalized spacial score (nSPS) is 22.6. The van der Waals surface area contributed by atoms with Crippen LogP contribution in [0.5, 0.6) is 0 Å². The Morgan fingerprint density at radius 1 is 1.00 bits per heavy atom. The number of nitrogens with zero attached hydrogens (tertiary/aromatic N) is 4. The van der Waals surface area contributed by atoms with Crippen LogP contribution in [-0.4, -0.2) is 29.0 Å². The van der Waals surface area contributed by atoms with E-state index in [0.29, 0.717) is 5.12 Å². The van der Waals surface area contributed by atoms with E-state index in [0.717, 1.165) is 0 Å². The molecular formula is C17H26N4O4S. The van der Waals surface area contributed by atoms with Crippen molar-refractivity contribution in [1.29, 1.82) is 0 Å². The summed E-state index contributed by atoms with van der Waals surface area (Å²) in [7, 11) is -4.19. The fraction of sp³-hybridized carbons (Fsp3) is 0.647. The molecule has 8 nitrogen and oxygen atoms in total. The smallest absolute Gasteiger partial charge is 0.263 e. The number of hydrogen-bond donors (Lipinski definition) is 0. The third-order valence-corrected chi connectivity index (χ3v) is 8.00. The maximum absolute atomic E-state index is 13.9. The predicted octanol–water partition coefficient (Wildman–Crippen LogP) is 3.74. The Hall–Kier alpha value is -2.03. The Morgan fingerprint density at radius 3 is 1.88 bits per heavy atom. The molecule has 0 saturated carbocycles. The molecule has 1 aliphatic rings. The van der Waals surface area contributed by atoms with E-state index in [1.165, 1.54) is 12.1 Å². The molecule has 144 valence electrons. The molecule has 1 aliphatic heterocycles. The molecule has 0 bridgehead atoms. The Morgan fingerprint density at radius 2 is 1.50 bits per heavy atom. The van der Waals surface area contributed by atoms with Gasteiger partial charge in [0, 0.05) is 11.0 Å². The maximum atomic E-state index is 13.9. The number of nitro groups is 1. The number of sulfone groups is 1. The Labute approximate surface area is 154 Å². The summed E-state index contributed by atoms with van der Waals surface area (Å²) in [6, 6.07) is 7.83. The minimum atomic E-state index is -4.19. The van der Waals surface area contributed by atoms with Crippen LogP contribution in [0.3, 0.4) is 0 Å². The lowest BCUT2D eigenvalue weighted by atomic mass is 9.68. The molecule has 0 aliphatic carbocycles. The van der Waals surface area contributed by atoms with Crippen molar-refractivity contribution in [3.8, 4) is 0 Å². The molecular weight excluding hydrogens is 356 g/mol.